The molecule has 1 atom stereocenters. The Hall–Kier alpha value is -2.75. The third-order valence-corrected chi connectivity index (χ3v) is 6.15. The Morgan fingerprint density at radius 2 is 1.90 bits per heavy atom. The normalized spacial score (nSPS) is 17.3. The Bertz CT molecular complexity index is 974. The number of nitrogens with one attached hydrogen (secondary N) is 1. The van der Waals surface area contributed by atoms with Gasteiger partial charge in [-0.05, 0) is 73.1 Å². The fourth-order valence-electron chi connectivity index (χ4n) is 4.37. The number of para-hydroxylation sites is 1. The van der Waals surface area contributed by atoms with Gasteiger partial charge in [0, 0.05) is 36.1 Å². The van der Waals surface area contributed by atoms with Crippen LogP contribution in [0.4, 0.5) is 0 Å². The molecule has 4 rings (SSSR count). The van der Waals surface area contributed by atoms with Gasteiger partial charge in [0.05, 0.1) is 7.11 Å². The van der Waals surface area contributed by atoms with E-state index >= 15 is 0 Å². The first-order valence-electron chi connectivity index (χ1n) is 10.7. The lowest BCUT2D eigenvalue weighted by Gasteiger charge is -2.20. The van der Waals surface area contributed by atoms with Crippen LogP contribution in [0.25, 0.3) is 22.2 Å². The number of fused-ring (bicyclic) bond motifs is 1. The van der Waals surface area contributed by atoms with Crippen molar-refractivity contribution in [1.82, 2.24) is 9.88 Å². The number of likely N-dealkylation sites (tertiary alicyclic amines) is 1. The maximum atomic E-state index is 12.9. The summed E-state index contributed by atoms with van der Waals surface area (Å²) in [6.07, 6.45) is 4.77. The third kappa shape index (κ3) is 4.31. The smallest absolute Gasteiger partial charge is 0.222 e. The number of methoxy groups -OCH3 is 1. The predicted octanol–water partition coefficient (Wildman–Crippen LogP) is 5.42. The minimum atomic E-state index is 0.282. The average Bonchev–Trinajstić information content (AvgIpc) is 2.98. The minimum Gasteiger partial charge on any atom is -0.497 e. The number of amides is 1. The molecule has 1 fully saturated rings. The second-order valence-electron chi connectivity index (χ2n) is 8.17. The number of aromatic nitrogens is 1. The number of carbonyl (C=O) groups excluding carboxylic acids is 1. The number of ether oxygens (including phenoxy) is 1. The van der Waals surface area contributed by atoms with Crippen LogP contribution in [0.3, 0.4) is 0 Å². The maximum Gasteiger partial charge on any atom is 0.222 e. The number of benzene rings is 2. The van der Waals surface area contributed by atoms with Crippen LogP contribution >= 0.6 is 0 Å². The zero-order valence-electron chi connectivity index (χ0n) is 17.4. The molecule has 1 saturated heterocycles. The third-order valence-electron chi connectivity index (χ3n) is 6.15. The van der Waals surface area contributed by atoms with Crippen LogP contribution in [-0.4, -0.2) is 36.0 Å². The van der Waals surface area contributed by atoms with E-state index in [-0.39, 0.29) is 5.91 Å². The number of hydrogen-bond acceptors (Lipinski definition) is 2. The fourth-order valence-corrected chi connectivity index (χ4v) is 4.37. The van der Waals surface area contributed by atoms with E-state index in [1.54, 1.807) is 7.11 Å². The summed E-state index contributed by atoms with van der Waals surface area (Å²) >= 11 is 0. The van der Waals surface area contributed by atoms with Gasteiger partial charge in [0.25, 0.3) is 0 Å². The van der Waals surface area contributed by atoms with E-state index in [4.69, 9.17) is 4.74 Å². The van der Waals surface area contributed by atoms with Gasteiger partial charge in [0.2, 0.25) is 5.91 Å². The van der Waals surface area contributed by atoms with Crippen molar-refractivity contribution in [3.8, 4) is 17.0 Å². The highest BCUT2D eigenvalue weighted by Crippen LogP contribution is 2.32. The summed E-state index contributed by atoms with van der Waals surface area (Å²) in [6.45, 7) is 4.10. The SMILES string of the molecule is COc1ccc(-c2[nH]c3ccccc3c2CCC(=O)N2CCCC(C)CC2)cc1. The second kappa shape index (κ2) is 8.73. The Morgan fingerprint density at radius 1 is 1.10 bits per heavy atom. The van der Waals surface area contributed by atoms with Gasteiger partial charge in [-0.2, -0.15) is 0 Å². The quantitative estimate of drug-likeness (QED) is 0.632. The Morgan fingerprint density at radius 3 is 2.69 bits per heavy atom. The van der Waals surface area contributed by atoms with Gasteiger partial charge >= 0.3 is 0 Å². The summed E-state index contributed by atoms with van der Waals surface area (Å²) in [5.41, 5.74) is 4.56. The number of carbonyl (C=O) groups is 1. The van der Waals surface area contributed by atoms with Gasteiger partial charge < -0.3 is 14.6 Å². The standard InChI is InChI=1S/C25H30N2O2/c1-18-6-5-16-27(17-15-18)24(28)14-13-22-21-7-3-4-8-23(21)26-25(22)19-9-11-20(29-2)12-10-19/h3-4,7-12,18,26H,5-6,13-17H2,1-2H3. The second-order valence-corrected chi connectivity index (χ2v) is 8.17. The zero-order valence-corrected chi connectivity index (χ0v) is 17.4. The van der Waals surface area contributed by atoms with Gasteiger partial charge in [-0.3, -0.25) is 4.79 Å². The van der Waals surface area contributed by atoms with Crippen molar-refractivity contribution in [2.75, 3.05) is 20.2 Å². The molecule has 29 heavy (non-hydrogen) atoms. The molecule has 2 aromatic carbocycles. The summed E-state index contributed by atoms with van der Waals surface area (Å²) in [5.74, 6) is 1.85. The van der Waals surface area contributed by atoms with Crippen molar-refractivity contribution in [1.29, 1.82) is 0 Å². The van der Waals surface area contributed by atoms with Crippen LogP contribution in [-0.2, 0) is 11.2 Å². The van der Waals surface area contributed by atoms with Crippen molar-refractivity contribution in [2.24, 2.45) is 5.92 Å². The highest BCUT2D eigenvalue weighted by molar-refractivity contribution is 5.91. The Kier molecular flexibility index (Phi) is 5.89. The van der Waals surface area contributed by atoms with E-state index in [0.29, 0.717) is 6.42 Å². The molecule has 3 aromatic rings. The lowest BCUT2D eigenvalue weighted by molar-refractivity contribution is -0.131. The lowest BCUT2D eigenvalue weighted by Crippen LogP contribution is -2.32. The highest BCUT2D eigenvalue weighted by Gasteiger charge is 2.20. The molecule has 1 aromatic heterocycles. The van der Waals surface area contributed by atoms with Crippen LogP contribution in [0.15, 0.2) is 48.5 Å². The number of rotatable bonds is 5. The zero-order chi connectivity index (χ0) is 20.2. The van der Waals surface area contributed by atoms with Gasteiger partial charge in [0.15, 0.2) is 0 Å². The molecule has 0 aliphatic carbocycles. The van der Waals surface area contributed by atoms with Crippen LogP contribution in [0.5, 0.6) is 5.75 Å². The van der Waals surface area contributed by atoms with E-state index in [1.165, 1.54) is 17.4 Å². The average molecular weight is 391 g/mol. The van der Waals surface area contributed by atoms with Gasteiger partial charge in [-0.15, -0.1) is 0 Å². The summed E-state index contributed by atoms with van der Waals surface area (Å²) in [6, 6.07) is 16.5. The molecule has 1 aliphatic rings. The lowest BCUT2D eigenvalue weighted by atomic mass is 10.0. The molecular weight excluding hydrogens is 360 g/mol. The molecule has 4 nitrogen and oxygen atoms in total. The molecular formula is C25H30N2O2. The first kappa shape index (κ1) is 19.6. The summed E-state index contributed by atoms with van der Waals surface area (Å²) in [5, 5.41) is 1.20. The Labute approximate surface area is 172 Å². The molecule has 1 unspecified atom stereocenters. The maximum absolute atomic E-state index is 12.9. The molecule has 2 heterocycles. The molecule has 1 N–H and O–H groups in total. The van der Waals surface area contributed by atoms with Crippen LogP contribution < -0.4 is 4.74 Å². The van der Waals surface area contributed by atoms with Gasteiger partial charge in [0.1, 0.15) is 5.75 Å². The largest absolute Gasteiger partial charge is 0.497 e. The number of H-pyrrole nitrogens is 1. The van der Waals surface area contributed by atoms with Gasteiger partial charge in [-0.1, -0.05) is 25.1 Å². The van der Waals surface area contributed by atoms with E-state index in [1.807, 2.05) is 18.2 Å². The van der Waals surface area contributed by atoms with E-state index < -0.39 is 0 Å². The monoisotopic (exact) mass is 390 g/mol. The Balaban J connectivity index is 1.58. The summed E-state index contributed by atoms with van der Waals surface area (Å²) in [7, 11) is 1.68. The van der Waals surface area contributed by atoms with E-state index in [9.17, 15) is 4.79 Å². The topological polar surface area (TPSA) is 45.3 Å². The van der Waals surface area contributed by atoms with Crippen molar-refractivity contribution in [2.45, 2.75) is 39.0 Å². The van der Waals surface area contributed by atoms with E-state index in [2.05, 4.69) is 47.1 Å². The summed E-state index contributed by atoms with van der Waals surface area (Å²) < 4.78 is 5.30. The van der Waals surface area contributed by atoms with Crippen molar-refractivity contribution < 1.29 is 9.53 Å². The van der Waals surface area contributed by atoms with E-state index in [0.717, 1.165) is 60.8 Å². The predicted molar refractivity (Wildman–Crippen MR) is 118 cm³/mol. The van der Waals surface area contributed by atoms with Crippen molar-refractivity contribution in [3.05, 3.63) is 54.1 Å². The molecule has 4 heteroatoms. The first-order chi connectivity index (χ1) is 14.2. The van der Waals surface area contributed by atoms with Crippen LogP contribution in [0.2, 0.25) is 0 Å². The molecule has 1 amide bonds. The number of aryl methyl sites for hydroxylation is 1. The van der Waals surface area contributed by atoms with Crippen molar-refractivity contribution >= 4 is 16.8 Å². The molecule has 0 radical (unpaired) electrons. The fraction of sp³-hybridized carbons (Fsp3) is 0.400. The molecule has 152 valence electrons. The number of hydrogen-bond donors (Lipinski definition) is 1. The van der Waals surface area contributed by atoms with Crippen LogP contribution in [0, 0.1) is 5.92 Å². The van der Waals surface area contributed by atoms with Gasteiger partial charge in [-0.25, -0.2) is 0 Å². The summed E-state index contributed by atoms with van der Waals surface area (Å²) in [4.78, 5) is 18.6. The molecule has 0 spiro atoms. The molecule has 0 bridgehead atoms. The molecule has 0 saturated carbocycles. The van der Waals surface area contributed by atoms with Crippen molar-refractivity contribution in [3.63, 3.8) is 0 Å². The first-order valence-corrected chi connectivity index (χ1v) is 10.7. The van der Waals surface area contributed by atoms with Crippen LogP contribution in [0.1, 0.15) is 38.2 Å². The number of nitrogens with zero attached hydrogens (tertiary/aromatic N) is 1. The number of aromatic amines is 1. The molecule has 1 aliphatic heterocycles. The highest BCUT2D eigenvalue weighted by atomic mass is 16.5. The minimum absolute atomic E-state index is 0.282.